The number of rotatable bonds is 5. The van der Waals surface area contributed by atoms with Gasteiger partial charge in [-0.25, -0.2) is 14.4 Å². The Morgan fingerprint density at radius 1 is 1.23 bits per heavy atom. The number of hydrogen-bond donors (Lipinski definition) is 1. The first-order chi connectivity index (χ1) is 14.5. The number of fused-ring (bicyclic) bond motifs is 1. The van der Waals surface area contributed by atoms with Crippen LogP contribution in [0, 0.1) is 12.7 Å². The van der Waals surface area contributed by atoms with Gasteiger partial charge in [-0.1, -0.05) is 19.3 Å². The number of pyridine rings is 2. The van der Waals surface area contributed by atoms with Crippen molar-refractivity contribution in [3.05, 3.63) is 40.2 Å². The summed E-state index contributed by atoms with van der Waals surface area (Å²) in [6.45, 7) is 4.57. The molecule has 0 bridgehead atoms. The Kier molecular flexibility index (Phi) is 5.65. The number of nitrogens with zero attached hydrogens (tertiary/aromatic N) is 4. The van der Waals surface area contributed by atoms with Crippen LogP contribution in [0.3, 0.4) is 0 Å². The van der Waals surface area contributed by atoms with Crippen LogP contribution in [0.4, 0.5) is 10.3 Å². The maximum atomic E-state index is 14.3. The minimum Gasteiger partial charge on any atom is -0.479 e. The van der Waals surface area contributed by atoms with Crippen molar-refractivity contribution in [3.63, 3.8) is 0 Å². The fourth-order valence-electron chi connectivity index (χ4n) is 4.20. The van der Waals surface area contributed by atoms with Crippen molar-refractivity contribution in [3.8, 4) is 17.0 Å². The summed E-state index contributed by atoms with van der Waals surface area (Å²) in [7, 11) is 1.36. The zero-order valence-electron chi connectivity index (χ0n) is 17.5. The summed E-state index contributed by atoms with van der Waals surface area (Å²) < 4.78 is 21.0. The van der Waals surface area contributed by atoms with Crippen LogP contribution >= 0.6 is 0 Å². The summed E-state index contributed by atoms with van der Waals surface area (Å²) in [6.07, 6.45) is 6.64. The molecule has 0 amide bonds. The summed E-state index contributed by atoms with van der Waals surface area (Å²) in [6, 6.07) is 3.11. The van der Waals surface area contributed by atoms with E-state index in [4.69, 9.17) is 4.74 Å². The molecule has 1 N–H and O–H groups in total. The molecule has 3 aromatic rings. The fourth-order valence-corrected chi connectivity index (χ4v) is 4.20. The predicted molar refractivity (Wildman–Crippen MR) is 115 cm³/mol. The number of hydrogen-bond acceptors (Lipinski definition) is 6. The molecular formula is C22H26FN5O2. The zero-order chi connectivity index (χ0) is 21.3. The largest absolute Gasteiger partial charge is 0.479 e. The Balaban J connectivity index is 1.99. The van der Waals surface area contributed by atoms with E-state index in [2.05, 4.69) is 20.3 Å². The van der Waals surface area contributed by atoms with Crippen LogP contribution in [-0.2, 0) is 0 Å². The molecule has 0 atom stereocenters. The highest BCUT2D eigenvalue weighted by molar-refractivity contribution is 5.84. The van der Waals surface area contributed by atoms with E-state index in [1.807, 2.05) is 13.8 Å². The lowest BCUT2D eigenvalue weighted by Gasteiger charge is -2.26. The van der Waals surface area contributed by atoms with Crippen molar-refractivity contribution in [2.75, 3.05) is 19.0 Å². The summed E-state index contributed by atoms with van der Waals surface area (Å²) in [5, 5.41) is 3.93. The normalized spacial score (nSPS) is 14.8. The second kappa shape index (κ2) is 8.38. The molecule has 0 unspecified atom stereocenters. The van der Waals surface area contributed by atoms with Gasteiger partial charge < -0.3 is 10.1 Å². The molecule has 3 aromatic heterocycles. The number of anilines is 1. The van der Waals surface area contributed by atoms with Crippen LogP contribution in [-0.4, -0.2) is 33.2 Å². The molecule has 1 aliphatic carbocycles. The second-order valence-corrected chi connectivity index (χ2v) is 7.64. The van der Waals surface area contributed by atoms with Gasteiger partial charge in [-0.05, 0) is 38.8 Å². The van der Waals surface area contributed by atoms with Crippen molar-refractivity contribution in [1.29, 1.82) is 0 Å². The van der Waals surface area contributed by atoms with Crippen LogP contribution in [0.25, 0.3) is 22.2 Å². The molecule has 0 spiro atoms. The maximum absolute atomic E-state index is 14.3. The average molecular weight is 411 g/mol. The van der Waals surface area contributed by atoms with Gasteiger partial charge in [-0.2, -0.15) is 4.98 Å². The minimum absolute atomic E-state index is 0.0635. The second-order valence-electron chi connectivity index (χ2n) is 7.64. The van der Waals surface area contributed by atoms with E-state index in [1.165, 1.54) is 25.8 Å². The van der Waals surface area contributed by atoms with Gasteiger partial charge in [0, 0.05) is 35.3 Å². The predicted octanol–water partition coefficient (Wildman–Crippen LogP) is 4.25. The van der Waals surface area contributed by atoms with Crippen LogP contribution in [0.1, 0.15) is 50.8 Å². The first-order valence-corrected chi connectivity index (χ1v) is 10.4. The highest BCUT2D eigenvalue weighted by Gasteiger charge is 2.23. The van der Waals surface area contributed by atoms with Crippen molar-refractivity contribution in [1.82, 2.24) is 19.5 Å². The summed E-state index contributed by atoms with van der Waals surface area (Å²) in [5.74, 6) is -0.188. The molecule has 30 heavy (non-hydrogen) atoms. The number of nitrogens with one attached hydrogen (secondary N) is 1. The number of halogens is 1. The standard InChI is InChI=1S/C22H26FN5O2/c1-4-24-22-26-13(2)16-11-17(14-10-18(23)20(30-3)25-12-14)21(29)28(19(16)27-22)15-8-6-5-7-9-15/h10-12,15H,4-9H2,1-3H3,(H,24,26,27). The van der Waals surface area contributed by atoms with E-state index in [9.17, 15) is 9.18 Å². The van der Waals surface area contributed by atoms with Crippen LogP contribution in [0.2, 0.25) is 0 Å². The molecule has 0 radical (unpaired) electrons. The van der Waals surface area contributed by atoms with Crippen molar-refractivity contribution in [2.24, 2.45) is 0 Å². The summed E-state index contributed by atoms with van der Waals surface area (Å²) in [4.78, 5) is 26.9. The van der Waals surface area contributed by atoms with E-state index in [-0.39, 0.29) is 17.5 Å². The Morgan fingerprint density at radius 2 is 2.00 bits per heavy atom. The van der Waals surface area contributed by atoms with Gasteiger partial charge in [0.15, 0.2) is 5.82 Å². The van der Waals surface area contributed by atoms with Gasteiger partial charge in [0.25, 0.3) is 5.56 Å². The van der Waals surface area contributed by atoms with Crippen molar-refractivity contribution in [2.45, 2.75) is 52.0 Å². The van der Waals surface area contributed by atoms with E-state index in [0.29, 0.717) is 29.3 Å². The fraction of sp³-hybridized carbons (Fsp3) is 0.455. The Morgan fingerprint density at radius 3 is 2.67 bits per heavy atom. The van der Waals surface area contributed by atoms with Crippen molar-refractivity contribution >= 4 is 17.0 Å². The molecule has 158 valence electrons. The van der Waals surface area contributed by atoms with E-state index >= 15 is 0 Å². The Bertz CT molecular complexity index is 1140. The van der Waals surface area contributed by atoms with Gasteiger partial charge in [0.2, 0.25) is 11.8 Å². The van der Waals surface area contributed by atoms with E-state index in [0.717, 1.165) is 36.8 Å². The van der Waals surface area contributed by atoms with Gasteiger partial charge in [-0.15, -0.1) is 0 Å². The smallest absolute Gasteiger partial charge is 0.260 e. The molecule has 4 rings (SSSR count). The summed E-state index contributed by atoms with van der Waals surface area (Å²) >= 11 is 0. The molecule has 1 aliphatic rings. The third-order valence-electron chi connectivity index (χ3n) is 5.67. The molecule has 0 saturated heterocycles. The molecule has 1 saturated carbocycles. The third-order valence-corrected chi connectivity index (χ3v) is 5.67. The van der Waals surface area contributed by atoms with Crippen LogP contribution < -0.4 is 15.6 Å². The van der Waals surface area contributed by atoms with E-state index in [1.54, 1.807) is 10.6 Å². The lowest BCUT2D eigenvalue weighted by molar-refractivity contribution is 0.353. The Hall–Kier alpha value is -3.03. The molecule has 3 heterocycles. The number of methoxy groups -OCH3 is 1. The lowest BCUT2D eigenvalue weighted by atomic mass is 9.94. The topological polar surface area (TPSA) is 81.9 Å². The zero-order valence-corrected chi connectivity index (χ0v) is 17.5. The van der Waals surface area contributed by atoms with Gasteiger partial charge in [-0.3, -0.25) is 9.36 Å². The molecule has 0 aliphatic heterocycles. The van der Waals surface area contributed by atoms with E-state index < -0.39 is 5.82 Å². The van der Waals surface area contributed by atoms with Crippen molar-refractivity contribution < 1.29 is 9.13 Å². The Labute approximate surface area is 174 Å². The monoisotopic (exact) mass is 411 g/mol. The van der Waals surface area contributed by atoms with Crippen LogP contribution in [0.5, 0.6) is 5.88 Å². The molecular weight excluding hydrogens is 385 g/mol. The number of ether oxygens (including phenoxy) is 1. The molecule has 7 nitrogen and oxygen atoms in total. The highest BCUT2D eigenvalue weighted by Crippen LogP contribution is 2.32. The third kappa shape index (κ3) is 3.62. The number of aryl methyl sites for hydroxylation is 1. The van der Waals surface area contributed by atoms with Gasteiger partial charge >= 0.3 is 0 Å². The van der Waals surface area contributed by atoms with Gasteiger partial charge in [0.05, 0.1) is 12.8 Å². The lowest BCUT2D eigenvalue weighted by Crippen LogP contribution is -2.29. The quantitative estimate of drug-likeness (QED) is 0.676. The summed E-state index contributed by atoms with van der Waals surface area (Å²) in [5.41, 5.74) is 2.02. The minimum atomic E-state index is -0.603. The first kappa shape index (κ1) is 20.3. The SMILES string of the molecule is CCNc1nc(C)c2cc(-c3cnc(OC)c(F)c3)c(=O)n(C3CCCCC3)c2n1. The average Bonchev–Trinajstić information content (AvgIpc) is 2.74. The molecule has 1 fully saturated rings. The first-order valence-electron chi connectivity index (χ1n) is 10.4. The maximum Gasteiger partial charge on any atom is 0.260 e. The highest BCUT2D eigenvalue weighted by atomic mass is 19.1. The number of aromatic nitrogens is 4. The van der Waals surface area contributed by atoms with Gasteiger partial charge in [0.1, 0.15) is 5.65 Å². The molecule has 0 aromatic carbocycles. The molecule has 8 heteroatoms. The van der Waals surface area contributed by atoms with Crippen LogP contribution in [0.15, 0.2) is 23.1 Å².